The number of anilines is 2. The lowest BCUT2D eigenvalue weighted by molar-refractivity contribution is 0.183. The van der Waals surface area contributed by atoms with Crippen LogP contribution in [0.5, 0.6) is 0 Å². The fraction of sp³-hybridized carbons (Fsp3) is 0.444. The number of nitrogen functional groups attached to an aromatic ring is 1. The predicted molar refractivity (Wildman–Crippen MR) is 64.3 cm³/mol. The van der Waals surface area contributed by atoms with Crippen molar-refractivity contribution in [3.8, 4) is 0 Å². The Bertz CT molecular complexity index is 497. The van der Waals surface area contributed by atoms with Gasteiger partial charge in [-0.15, -0.1) is 0 Å². The zero-order valence-electron chi connectivity index (χ0n) is 9.44. The van der Waals surface area contributed by atoms with E-state index in [2.05, 4.69) is 30.9 Å². The Kier molecular flexibility index (Phi) is 3.35. The van der Waals surface area contributed by atoms with Gasteiger partial charge in [-0.2, -0.15) is 15.1 Å². The van der Waals surface area contributed by atoms with Crippen LogP contribution in [0.2, 0.25) is 0 Å². The normalized spacial score (nSPS) is 12.6. The highest BCUT2D eigenvalue weighted by atomic mass is 16.3. The summed E-state index contributed by atoms with van der Waals surface area (Å²) in [5, 5.41) is 19.9. The SMILES string of the molecule is CCC(O)CNc1nc(NN)nc2[nH]ncc12. The molecule has 0 bridgehead atoms. The Labute approximate surface area is 97.6 Å². The van der Waals surface area contributed by atoms with Crippen LogP contribution in [0.1, 0.15) is 13.3 Å². The van der Waals surface area contributed by atoms with Gasteiger partial charge in [0.2, 0.25) is 5.95 Å². The van der Waals surface area contributed by atoms with E-state index in [0.717, 1.165) is 5.39 Å². The average Bonchev–Trinajstić information content (AvgIpc) is 2.83. The van der Waals surface area contributed by atoms with Gasteiger partial charge < -0.3 is 10.4 Å². The first-order valence-electron chi connectivity index (χ1n) is 5.34. The van der Waals surface area contributed by atoms with Gasteiger partial charge >= 0.3 is 0 Å². The number of hydrazine groups is 1. The van der Waals surface area contributed by atoms with Crippen LogP contribution >= 0.6 is 0 Å². The van der Waals surface area contributed by atoms with E-state index in [0.29, 0.717) is 24.4 Å². The topological polar surface area (TPSA) is 125 Å². The number of aromatic amines is 1. The molecule has 0 aromatic carbocycles. The Hall–Kier alpha value is -1.93. The van der Waals surface area contributed by atoms with E-state index in [9.17, 15) is 5.11 Å². The van der Waals surface area contributed by atoms with Gasteiger partial charge in [0.25, 0.3) is 0 Å². The summed E-state index contributed by atoms with van der Waals surface area (Å²) in [5.74, 6) is 6.15. The van der Waals surface area contributed by atoms with Crippen molar-refractivity contribution in [1.29, 1.82) is 0 Å². The number of aromatic nitrogens is 4. The molecule has 0 saturated carbocycles. The molecule has 8 nitrogen and oxygen atoms in total. The minimum absolute atomic E-state index is 0.287. The second-order valence-corrected chi connectivity index (χ2v) is 3.62. The van der Waals surface area contributed by atoms with Crippen LogP contribution in [-0.2, 0) is 0 Å². The first-order chi connectivity index (χ1) is 8.24. The third-order valence-corrected chi connectivity index (χ3v) is 2.42. The molecule has 0 radical (unpaired) electrons. The molecule has 0 amide bonds. The van der Waals surface area contributed by atoms with Crippen LogP contribution in [0.25, 0.3) is 11.0 Å². The van der Waals surface area contributed by atoms with Gasteiger partial charge in [-0.3, -0.25) is 10.5 Å². The molecule has 1 unspecified atom stereocenters. The summed E-state index contributed by atoms with van der Waals surface area (Å²) in [6.45, 7) is 2.32. The Morgan fingerprint density at radius 2 is 2.35 bits per heavy atom. The molecule has 2 heterocycles. The van der Waals surface area contributed by atoms with Crippen LogP contribution in [0.3, 0.4) is 0 Å². The minimum atomic E-state index is -0.416. The maximum atomic E-state index is 9.50. The van der Waals surface area contributed by atoms with E-state index in [1.165, 1.54) is 0 Å². The summed E-state index contributed by atoms with van der Waals surface area (Å²) >= 11 is 0. The van der Waals surface area contributed by atoms with Crippen molar-refractivity contribution in [1.82, 2.24) is 20.2 Å². The van der Waals surface area contributed by atoms with Crippen molar-refractivity contribution >= 4 is 22.8 Å². The fourth-order valence-electron chi connectivity index (χ4n) is 1.39. The van der Waals surface area contributed by atoms with Crippen LogP contribution < -0.4 is 16.6 Å². The molecular weight excluding hydrogens is 222 g/mol. The van der Waals surface area contributed by atoms with Crippen molar-refractivity contribution in [2.45, 2.75) is 19.4 Å². The van der Waals surface area contributed by atoms with E-state index in [1.807, 2.05) is 6.92 Å². The summed E-state index contributed by atoms with van der Waals surface area (Å²) in [7, 11) is 0. The van der Waals surface area contributed by atoms with E-state index in [1.54, 1.807) is 6.20 Å². The molecule has 0 fully saturated rings. The fourth-order valence-corrected chi connectivity index (χ4v) is 1.39. The molecule has 6 N–H and O–H groups in total. The molecule has 8 heteroatoms. The molecule has 0 aliphatic heterocycles. The Balaban J connectivity index is 2.27. The number of hydrogen-bond donors (Lipinski definition) is 5. The quantitative estimate of drug-likeness (QED) is 0.361. The number of aliphatic hydroxyl groups is 1. The molecule has 2 aromatic heterocycles. The highest BCUT2D eigenvalue weighted by Crippen LogP contribution is 2.19. The van der Waals surface area contributed by atoms with Crippen molar-refractivity contribution in [3.63, 3.8) is 0 Å². The molecule has 92 valence electrons. The number of nitrogens with two attached hydrogens (primary N) is 1. The summed E-state index contributed by atoms with van der Waals surface area (Å²) in [6.07, 6.45) is 1.88. The number of rotatable bonds is 5. The molecule has 0 aliphatic rings. The van der Waals surface area contributed by atoms with Gasteiger partial charge in [0.05, 0.1) is 17.7 Å². The van der Waals surface area contributed by atoms with Crippen molar-refractivity contribution in [2.24, 2.45) is 5.84 Å². The average molecular weight is 237 g/mol. The third-order valence-electron chi connectivity index (χ3n) is 2.42. The molecular formula is C9H15N7O. The first kappa shape index (κ1) is 11.6. The smallest absolute Gasteiger partial charge is 0.241 e. The lowest BCUT2D eigenvalue weighted by Crippen LogP contribution is -2.19. The predicted octanol–water partition coefficient (Wildman–Crippen LogP) is -0.179. The molecule has 17 heavy (non-hydrogen) atoms. The number of nitrogens with one attached hydrogen (secondary N) is 3. The maximum absolute atomic E-state index is 9.50. The zero-order valence-corrected chi connectivity index (χ0v) is 9.44. The highest BCUT2D eigenvalue weighted by Gasteiger charge is 2.09. The summed E-state index contributed by atoms with van der Waals surface area (Å²) in [6, 6.07) is 0. The van der Waals surface area contributed by atoms with E-state index in [4.69, 9.17) is 5.84 Å². The minimum Gasteiger partial charge on any atom is -0.391 e. The van der Waals surface area contributed by atoms with E-state index < -0.39 is 6.10 Å². The lowest BCUT2D eigenvalue weighted by atomic mass is 10.3. The Morgan fingerprint density at radius 3 is 3.06 bits per heavy atom. The summed E-state index contributed by atoms with van der Waals surface area (Å²) < 4.78 is 0. The third kappa shape index (κ3) is 2.43. The van der Waals surface area contributed by atoms with Crippen LogP contribution in [-0.4, -0.2) is 37.9 Å². The van der Waals surface area contributed by atoms with Crippen LogP contribution in [0.4, 0.5) is 11.8 Å². The highest BCUT2D eigenvalue weighted by molar-refractivity contribution is 5.86. The van der Waals surface area contributed by atoms with Crippen LogP contribution in [0.15, 0.2) is 6.20 Å². The lowest BCUT2D eigenvalue weighted by Gasteiger charge is -2.11. The maximum Gasteiger partial charge on any atom is 0.241 e. The first-order valence-corrected chi connectivity index (χ1v) is 5.34. The van der Waals surface area contributed by atoms with Crippen molar-refractivity contribution < 1.29 is 5.11 Å². The number of fused-ring (bicyclic) bond motifs is 1. The molecule has 2 rings (SSSR count). The number of nitrogens with zero attached hydrogens (tertiary/aromatic N) is 3. The van der Waals surface area contributed by atoms with Gasteiger partial charge in [-0.1, -0.05) is 6.92 Å². The van der Waals surface area contributed by atoms with Gasteiger partial charge in [0.15, 0.2) is 5.65 Å². The Morgan fingerprint density at radius 1 is 1.53 bits per heavy atom. The number of hydrogen-bond acceptors (Lipinski definition) is 7. The largest absolute Gasteiger partial charge is 0.391 e. The second-order valence-electron chi connectivity index (χ2n) is 3.62. The standard InChI is InChI=1S/C9H15N7O/c1-2-5(17)3-11-7-6-4-12-16-8(6)14-9(13-7)15-10/h4-5,17H,2-3,10H2,1H3,(H3,11,12,13,14,15,16). The van der Waals surface area contributed by atoms with Crippen molar-refractivity contribution in [2.75, 3.05) is 17.3 Å². The van der Waals surface area contributed by atoms with E-state index in [-0.39, 0.29) is 5.95 Å². The van der Waals surface area contributed by atoms with Gasteiger partial charge in [-0.05, 0) is 6.42 Å². The second kappa shape index (κ2) is 4.93. The van der Waals surface area contributed by atoms with Gasteiger partial charge in [0.1, 0.15) is 5.82 Å². The summed E-state index contributed by atoms with van der Waals surface area (Å²) in [5.41, 5.74) is 2.96. The number of aliphatic hydroxyl groups excluding tert-OH is 1. The molecule has 1 atom stereocenters. The van der Waals surface area contributed by atoms with Gasteiger partial charge in [-0.25, -0.2) is 5.84 Å². The zero-order chi connectivity index (χ0) is 12.3. The molecule has 2 aromatic rings. The van der Waals surface area contributed by atoms with Gasteiger partial charge in [0, 0.05) is 6.54 Å². The van der Waals surface area contributed by atoms with Crippen LogP contribution in [0, 0.1) is 0 Å². The van der Waals surface area contributed by atoms with E-state index >= 15 is 0 Å². The summed E-state index contributed by atoms with van der Waals surface area (Å²) in [4.78, 5) is 8.26. The molecule has 0 aliphatic carbocycles. The molecule has 0 saturated heterocycles. The monoisotopic (exact) mass is 237 g/mol. The molecule has 0 spiro atoms. The van der Waals surface area contributed by atoms with Crippen molar-refractivity contribution in [3.05, 3.63) is 6.20 Å². The number of H-pyrrole nitrogens is 1.